The fourth-order valence-corrected chi connectivity index (χ4v) is 3.91. The van der Waals surface area contributed by atoms with Crippen LogP contribution in [0.15, 0.2) is 52.4 Å². The van der Waals surface area contributed by atoms with Crippen molar-refractivity contribution in [3.05, 3.63) is 59.2 Å². The van der Waals surface area contributed by atoms with Gasteiger partial charge in [0.05, 0.1) is 4.90 Å². The molecule has 2 aromatic rings. The summed E-state index contributed by atoms with van der Waals surface area (Å²) in [4.78, 5) is 16.8. The number of benzene rings is 2. The Morgan fingerprint density at radius 3 is 2.62 bits per heavy atom. The first-order valence-corrected chi connectivity index (χ1v) is 9.89. The zero-order valence-corrected chi connectivity index (χ0v) is 15.6. The van der Waals surface area contributed by atoms with Gasteiger partial charge in [-0.1, -0.05) is 18.2 Å². The first-order chi connectivity index (χ1) is 12.4. The van der Waals surface area contributed by atoms with Crippen LogP contribution in [0.4, 0.5) is 5.69 Å². The molecule has 1 aliphatic rings. The first-order valence-electron chi connectivity index (χ1n) is 8.40. The molecule has 26 heavy (non-hydrogen) atoms. The Morgan fingerprint density at radius 2 is 1.88 bits per heavy atom. The third-order valence-corrected chi connectivity index (χ3v) is 5.76. The fraction of sp³-hybridized carbons (Fsp3) is 0.263. The second-order valence-electron chi connectivity index (χ2n) is 6.27. The Kier molecular flexibility index (Phi) is 5.08. The largest absolute Gasteiger partial charge is 0.322 e. The Bertz CT molecular complexity index is 981. The fourth-order valence-electron chi connectivity index (χ4n) is 2.77. The van der Waals surface area contributed by atoms with E-state index in [1.807, 2.05) is 26.0 Å². The molecule has 0 saturated heterocycles. The lowest BCUT2D eigenvalue weighted by Crippen LogP contribution is -2.29. The number of carbonyl (C=O) groups excluding carboxylic acids is 1. The van der Waals surface area contributed by atoms with Gasteiger partial charge in [0.1, 0.15) is 5.84 Å². The first kappa shape index (κ1) is 18.1. The topological polar surface area (TPSA) is 87.6 Å². The van der Waals surface area contributed by atoms with Crippen molar-refractivity contribution < 1.29 is 13.2 Å². The van der Waals surface area contributed by atoms with Crippen LogP contribution in [0.3, 0.4) is 0 Å². The SMILES string of the molecule is Cc1cccc(C(=O)Nc2cccc(S(=O)(=O)NC3=NCCC3)c2)c1C. The van der Waals surface area contributed by atoms with E-state index in [2.05, 4.69) is 15.0 Å². The Hall–Kier alpha value is -2.67. The van der Waals surface area contributed by atoms with E-state index in [9.17, 15) is 13.2 Å². The molecule has 0 saturated carbocycles. The number of amidine groups is 1. The molecular formula is C19H21N3O3S. The minimum Gasteiger partial charge on any atom is -0.322 e. The minimum absolute atomic E-state index is 0.0888. The van der Waals surface area contributed by atoms with Crippen LogP contribution in [0.5, 0.6) is 0 Å². The Labute approximate surface area is 153 Å². The van der Waals surface area contributed by atoms with Crippen LogP contribution >= 0.6 is 0 Å². The summed E-state index contributed by atoms with van der Waals surface area (Å²) in [7, 11) is -3.71. The quantitative estimate of drug-likeness (QED) is 0.866. The van der Waals surface area contributed by atoms with Crippen LogP contribution in [0, 0.1) is 13.8 Å². The summed E-state index contributed by atoms with van der Waals surface area (Å²) in [5, 5.41) is 2.77. The second-order valence-corrected chi connectivity index (χ2v) is 7.95. The van der Waals surface area contributed by atoms with Gasteiger partial charge >= 0.3 is 0 Å². The molecule has 2 N–H and O–H groups in total. The number of sulfonamides is 1. The minimum atomic E-state index is -3.71. The number of hydrogen-bond donors (Lipinski definition) is 2. The van der Waals surface area contributed by atoms with Crippen molar-refractivity contribution in [2.45, 2.75) is 31.6 Å². The molecule has 0 spiro atoms. The molecule has 0 bridgehead atoms. The van der Waals surface area contributed by atoms with E-state index in [1.165, 1.54) is 12.1 Å². The molecule has 0 atom stereocenters. The van der Waals surface area contributed by atoms with Crippen molar-refractivity contribution in [3.8, 4) is 0 Å². The molecule has 0 fully saturated rings. The van der Waals surface area contributed by atoms with Gasteiger partial charge in [-0.3, -0.25) is 14.5 Å². The average molecular weight is 371 g/mol. The Balaban J connectivity index is 1.81. The van der Waals surface area contributed by atoms with Gasteiger partial charge in [-0.25, -0.2) is 8.42 Å². The number of rotatable bonds is 4. The maximum atomic E-state index is 12.5. The van der Waals surface area contributed by atoms with Crippen molar-refractivity contribution in [2.24, 2.45) is 4.99 Å². The van der Waals surface area contributed by atoms with E-state index in [0.29, 0.717) is 30.1 Å². The molecule has 2 aromatic carbocycles. The maximum absolute atomic E-state index is 12.5. The summed E-state index contributed by atoms with van der Waals surface area (Å²) in [5.41, 5.74) is 2.91. The second kappa shape index (κ2) is 7.29. The number of aryl methyl sites for hydroxylation is 1. The lowest BCUT2D eigenvalue weighted by Gasteiger charge is -2.11. The van der Waals surface area contributed by atoms with Crippen LogP contribution < -0.4 is 10.0 Å². The lowest BCUT2D eigenvalue weighted by molar-refractivity contribution is 0.102. The molecule has 1 heterocycles. The summed E-state index contributed by atoms with van der Waals surface area (Å²) in [6.07, 6.45) is 1.48. The number of aliphatic imine (C=N–C) groups is 1. The van der Waals surface area contributed by atoms with Gasteiger partial charge < -0.3 is 5.32 Å². The third-order valence-electron chi connectivity index (χ3n) is 4.38. The standard InChI is InChI=1S/C19H21N3O3S/c1-13-6-3-9-17(14(13)2)19(23)21-15-7-4-8-16(12-15)26(24,25)22-18-10-5-11-20-18/h3-4,6-9,12H,5,10-11H2,1-2H3,(H,20,22)(H,21,23). The van der Waals surface area contributed by atoms with Gasteiger partial charge in [-0.15, -0.1) is 0 Å². The molecule has 0 unspecified atom stereocenters. The van der Waals surface area contributed by atoms with Crippen molar-refractivity contribution in [2.75, 3.05) is 11.9 Å². The summed E-state index contributed by atoms with van der Waals surface area (Å²) < 4.78 is 27.5. The number of carbonyl (C=O) groups is 1. The van der Waals surface area contributed by atoms with Gasteiger partial charge in [-0.05, 0) is 55.7 Å². The molecule has 0 radical (unpaired) electrons. The van der Waals surface area contributed by atoms with Gasteiger partial charge in [0.15, 0.2) is 0 Å². The number of anilines is 1. The highest BCUT2D eigenvalue weighted by Gasteiger charge is 2.19. The molecule has 1 aliphatic heterocycles. The number of nitrogens with zero attached hydrogens (tertiary/aromatic N) is 1. The molecule has 7 heteroatoms. The van der Waals surface area contributed by atoms with Crippen molar-refractivity contribution in [3.63, 3.8) is 0 Å². The highest BCUT2D eigenvalue weighted by atomic mass is 32.2. The summed E-state index contributed by atoms with van der Waals surface area (Å²) >= 11 is 0. The molecule has 0 aromatic heterocycles. The molecule has 3 rings (SSSR count). The number of amides is 1. The van der Waals surface area contributed by atoms with E-state index in [4.69, 9.17) is 0 Å². The van der Waals surface area contributed by atoms with Gasteiger partial charge in [-0.2, -0.15) is 0 Å². The zero-order chi connectivity index (χ0) is 18.7. The van der Waals surface area contributed by atoms with Crippen LogP contribution in [-0.4, -0.2) is 26.7 Å². The number of hydrogen-bond acceptors (Lipinski definition) is 4. The van der Waals surface area contributed by atoms with E-state index in [1.54, 1.807) is 18.2 Å². The van der Waals surface area contributed by atoms with Crippen LogP contribution in [0.25, 0.3) is 0 Å². The maximum Gasteiger partial charge on any atom is 0.262 e. The van der Waals surface area contributed by atoms with Crippen LogP contribution in [-0.2, 0) is 10.0 Å². The summed E-state index contributed by atoms with van der Waals surface area (Å²) in [6, 6.07) is 11.7. The summed E-state index contributed by atoms with van der Waals surface area (Å²) in [5.74, 6) is 0.212. The van der Waals surface area contributed by atoms with E-state index < -0.39 is 10.0 Å². The highest BCUT2D eigenvalue weighted by molar-refractivity contribution is 7.90. The van der Waals surface area contributed by atoms with Crippen molar-refractivity contribution in [1.29, 1.82) is 0 Å². The average Bonchev–Trinajstić information content (AvgIpc) is 3.10. The predicted molar refractivity (Wildman–Crippen MR) is 102 cm³/mol. The van der Waals surface area contributed by atoms with Gasteiger partial charge in [0, 0.05) is 24.2 Å². The van der Waals surface area contributed by atoms with Crippen LogP contribution in [0.1, 0.15) is 34.3 Å². The molecule has 136 valence electrons. The van der Waals surface area contributed by atoms with E-state index in [0.717, 1.165) is 17.5 Å². The molecular weight excluding hydrogens is 350 g/mol. The molecule has 6 nitrogen and oxygen atoms in total. The monoisotopic (exact) mass is 371 g/mol. The lowest BCUT2D eigenvalue weighted by atomic mass is 10.0. The molecule has 0 aliphatic carbocycles. The third kappa shape index (κ3) is 3.94. The van der Waals surface area contributed by atoms with Crippen molar-refractivity contribution in [1.82, 2.24) is 4.72 Å². The summed E-state index contributed by atoms with van der Waals surface area (Å²) in [6.45, 7) is 4.47. The van der Waals surface area contributed by atoms with E-state index >= 15 is 0 Å². The normalized spacial score (nSPS) is 14.0. The zero-order valence-electron chi connectivity index (χ0n) is 14.7. The number of nitrogens with one attached hydrogen (secondary N) is 2. The predicted octanol–water partition coefficient (Wildman–Crippen LogP) is 3.03. The van der Waals surface area contributed by atoms with E-state index in [-0.39, 0.29) is 10.8 Å². The molecule has 1 amide bonds. The van der Waals surface area contributed by atoms with Gasteiger partial charge in [0.25, 0.3) is 15.9 Å². The Morgan fingerprint density at radius 1 is 1.12 bits per heavy atom. The highest BCUT2D eigenvalue weighted by Crippen LogP contribution is 2.19. The smallest absolute Gasteiger partial charge is 0.262 e. The van der Waals surface area contributed by atoms with Crippen LogP contribution in [0.2, 0.25) is 0 Å². The van der Waals surface area contributed by atoms with Gasteiger partial charge in [0.2, 0.25) is 0 Å². The van der Waals surface area contributed by atoms with Crippen molar-refractivity contribution >= 4 is 27.5 Å².